The fourth-order valence-electron chi connectivity index (χ4n) is 4.21. The second-order valence-corrected chi connectivity index (χ2v) is 10.1. The van der Waals surface area contributed by atoms with Gasteiger partial charge in [0.2, 0.25) is 0 Å². The van der Waals surface area contributed by atoms with Crippen LogP contribution in [0.25, 0.3) is 10.9 Å². The van der Waals surface area contributed by atoms with Crippen LogP contribution in [0.4, 0.5) is 15.8 Å². The van der Waals surface area contributed by atoms with E-state index >= 15 is 4.39 Å². The van der Waals surface area contributed by atoms with Crippen LogP contribution < -0.4 is 15.1 Å². The third-order valence-electron chi connectivity index (χ3n) is 6.15. The first-order chi connectivity index (χ1) is 16.7. The molecule has 2 aromatic carbocycles. The molecular weight excluding hydrogens is 485 g/mol. The highest BCUT2D eigenvalue weighted by molar-refractivity contribution is 7.81. The number of halogens is 1. The second kappa shape index (κ2) is 8.54. The van der Waals surface area contributed by atoms with E-state index in [1.165, 1.54) is 22.3 Å². The summed E-state index contributed by atoms with van der Waals surface area (Å²) in [5, 5.41) is 12.6. The molecule has 1 fully saturated rings. The van der Waals surface area contributed by atoms with Crippen LogP contribution in [0, 0.1) is 12.7 Å². The molecule has 1 saturated heterocycles. The van der Waals surface area contributed by atoms with Gasteiger partial charge in [0.15, 0.2) is 5.11 Å². The third-order valence-corrected chi connectivity index (χ3v) is 7.53. The van der Waals surface area contributed by atoms with E-state index in [1.54, 1.807) is 43.1 Å². The van der Waals surface area contributed by atoms with Crippen molar-refractivity contribution in [3.8, 4) is 0 Å². The summed E-state index contributed by atoms with van der Waals surface area (Å²) in [7, 11) is 0. The van der Waals surface area contributed by atoms with Crippen LogP contribution in [0.3, 0.4) is 0 Å². The summed E-state index contributed by atoms with van der Waals surface area (Å²) in [6, 6.07) is 12.0. The molecule has 10 heteroatoms. The Morgan fingerprint density at radius 1 is 1.20 bits per heavy atom. The smallest absolute Gasteiger partial charge is 0.261 e. The van der Waals surface area contributed by atoms with E-state index in [1.807, 2.05) is 30.5 Å². The normalized spacial score (nSPS) is 15.3. The van der Waals surface area contributed by atoms with Gasteiger partial charge in [-0.2, -0.15) is 5.10 Å². The van der Waals surface area contributed by atoms with Gasteiger partial charge < -0.3 is 10.2 Å². The Bertz CT molecular complexity index is 1490. The number of hydrogen-bond acceptors (Lipinski definition) is 5. The van der Waals surface area contributed by atoms with Crippen LogP contribution in [-0.4, -0.2) is 32.7 Å². The highest BCUT2D eigenvalue weighted by Crippen LogP contribution is 2.37. The van der Waals surface area contributed by atoms with Gasteiger partial charge in [-0.05, 0) is 80.3 Å². The summed E-state index contributed by atoms with van der Waals surface area (Å²) in [6.07, 6.45) is 1.68. The summed E-state index contributed by atoms with van der Waals surface area (Å²) in [5.41, 5.74) is 2.12. The van der Waals surface area contributed by atoms with Crippen LogP contribution >= 0.6 is 23.6 Å². The van der Waals surface area contributed by atoms with E-state index in [0.29, 0.717) is 21.8 Å². The lowest BCUT2D eigenvalue weighted by molar-refractivity contribution is -0.120. The summed E-state index contributed by atoms with van der Waals surface area (Å²) in [4.78, 5) is 29.5. The number of thiophene rings is 1. The zero-order valence-electron chi connectivity index (χ0n) is 19.3. The topological polar surface area (TPSA) is 81.3 Å². The summed E-state index contributed by atoms with van der Waals surface area (Å²) >= 11 is 7.05. The Morgan fingerprint density at radius 3 is 2.69 bits per heavy atom. The molecule has 5 rings (SSSR count). The number of nitrogens with zero attached hydrogens (tertiary/aromatic N) is 3. The molecule has 2 aromatic heterocycles. The van der Waals surface area contributed by atoms with E-state index in [4.69, 9.17) is 12.2 Å². The van der Waals surface area contributed by atoms with E-state index < -0.39 is 11.4 Å². The van der Waals surface area contributed by atoms with Gasteiger partial charge in [0, 0.05) is 23.2 Å². The first-order valence-corrected chi connectivity index (χ1v) is 12.2. The van der Waals surface area contributed by atoms with Gasteiger partial charge in [-0.25, -0.2) is 4.39 Å². The standard InChI is InChI=1S/C25H22FN5O2S2/c1-14-8-9-35-21(14)22(32)27-12-15-4-5-18(11-19(15)26)31-24(34)30(23(33)25(31,2)3)17-6-7-20-16(10-17)13-28-29-20/h4-11,13H,12H2,1-3H3,(H,27,32)(H,28,29). The number of thiocarbonyl (C=S) groups is 1. The van der Waals surface area contributed by atoms with Gasteiger partial charge >= 0.3 is 0 Å². The number of aromatic amines is 1. The molecule has 178 valence electrons. The number of anilines is 2. The highest BCUT2D eigenvalue weighted by Gasteiger charge is 2.50. The van der Waals surface area contributed by atoms with Crippen LogP contribution in [-0.2, 0) is 11.3 Å². The summed E-state index contributed by atoms with van der Waals surface area (Å²) < 4.78 is 15.1. The average molecular weight is 508 g/mol. The molecule has 2 amide bonds. The average Bonchev–Trinajstić information content (AvgIpc) is 3.50. The number of hydrogen-bond donors (Lipinski definition) is 2. The van der Waals surface area contributed by atoms with E-state index in [2.05, 4.69) is 15.5 Å². The minimum absolute atomic E-state index is 0.0475. The molecule has 0 atom stereocenters. The number of nitrogens with one attached hydrogen (secondary N) is 2. The van der Waals surface area contributed by atoms with Crippen molar-refractivity contribution in [3.05, 3.63) is 75.9 Å². The van der Waals surface area contributed by atoms with Gasteiger partial charge in [-0.1, -0.05) is 6.07 Å². The Kier molecular flexibility index (Phi) is 5.65. The van der Waals surface area contributed by atoms with Crippen LogP contribution in [0.1, 0.15) is 34.6 Å². The minimum atomic E-state index is -1.03. The molecule has 0 bridgehead atoms. The SMILES string of the molecule is Cc1ccsc1C(=O)NCc1ccc(N2C(=S)N(c3ccc4[nH]ncc4c3)C(=O)C2(C)C)cc1F. The van der Waals surface area contributed by atoms with Crippen molar-refractivity contribution in [2.45, 2.75) is 32.9 Å². The molecule has 2 N–H and O–H groups in total. The lowest BCUT2D eigenvalue weighted by Gasteiger charge is -2.29. The lowest BCUT2D eigenvalue weighted by Crippen LogP contribution is -2.44. The quantitative estimate of drug-likeness (QED) is 0.375. The molecule has 0 spiro atoms. The van der Waals surface area contributed by atoms with Gasteiger partial charge in [-0.15, -0.1) is 11.3 Å². The lowest BCUT2D eigenvalue weighted by atomic mass is 10.0. The first kappa shape index (κ1) is 23.1. The second-order valence-electron chi connectivity index (χ2n) is 8.85. The maximum Gasteiger partial charge on any atom is 0.261 e. The van der Waals surface area contributed by atoms with Crippen molar-refractivity contribution in [1.82, 2.24) is 15.5 Å². The summed E-state index contributed by atoms with van der Waals surface area (Å²) in [6.45, 7) is 5.42. The third kappa shape index (κ3) is 3.88. The number of amides is 2. The summed E-state index contributed by atoms with van der Waals surface area (Å²) in [5.74, 6) is -0.943. The number of H-pyrrole nitrogens is 1. The number of aryl methyl sites for hydroxylation is 1. The van der Waals surface area contributed by atoms with Crippen molar-refractivity contribution in [1.29, 1.82) is 0 Å². The zero-order chi connectivity index (χ0) is 24.9. The fraction of sp³-hybridized carbons (Fsp3) is 0.200. The van der Waals surface area contributed by atoms with Crippen LogP contribution in [0.15, 0.2) is 54.0 Å². The Morgan fingerprint density at radius 2 is 1.97 bits per heavy atom. The maximum atomic E-state index is 15.1. The van der Waals surface area contributed by atoms with Crippen molar-refractivity contribution in [2.75, 3.05) is 9.80 Å². The highest BCUT2D eigenvalue weighted by atomic mass is 32.1. The molecule has 0 unspecified atom stereocenters. The van der Waals surface area contributed by atoms with Crippen LogP contribution in [0.2, 0.25) is 0 Å². The molecule has 3 heterocycles. The zero-order valence-corrected chi connectivity index (χ0v) is 20.9. The van der Waals surface area contributed by atoms with E-state index in [-0.39, 0.29) is 23.5 Å². The van der Waals surface area contributed by atoms with E-state index in [0.717, 1.165) is 16.5 Å². The molecule has 1 aliphatic heterocycles. The number of fused-ring (bicyclic) bond motifs is 1. The van der Waals surface area contributed by atoms with Crippen molar-refractivity contribution in [2.24, 2.45) is 0 Å². The van der Waals surface area contributed by atoms with Crippen LogP contribution in [0.5, 0.6) is 0 Å². The van der Waals surface area contributed by atoms with Gasteiger partial charge in [0.1, 0.15) is 11.4 Å². The fourth-order valence-corrected chi connectivity index (χ4v) is 5.57. The van der Waals surface area contributed by atoms with Crippen molar-refractivity contribution in [3.63, 3.8) is 0 Å². The van der Waals surface area contributed by atoms with Crippen molar-refractivity contribution >= 4 is 62.8 Å². The number of aromatic nitrogens is 2. The van der Waals surface area contributed by atoms with E-state index in [9.17, 15) is 9.59 Å². The molecular formula is C25H22FN5O2S2. The number of benzene rings is 2. The molecule has 35 heavy (non-hydrogen) atoms. The van der Waals surface area contributed by atoms with Crippen molar-refractivity contribution < 1.29 is 14.0 Å². The number of carbonyl (C=O) groups excluding carboxylic acids is 2. The largest absolute Gasteiger partial charge is 0.347 e. The van der Waals surface area contributed by atoms with Gasteiger partial charge in [0.05, 0.1) is 22.3 Å². The monoisotopic (exact) mass is 507 g/mol. The Hall–Kier alpha value is -3.63. The maximum absolute atomic E-state index is 15.1. The number of carbonyl (C=O) groups is 2. The Balaban J connectivity index is 1.40. The molecule has 4 aromatic rings. The molecule has 7 nitrogen and oxygen atoms in total. The Labute approximate surface area is 210 Å². The minimum Gasteiger partial charge on any atom is -0.347 e. The van der Waals surface area contributed by atoms with Gasteiger partial charge in [-0.3, -0.25) is 19.6 Å². The predicted octanol–water partition coefficient (Wildman–Crippen LogP) is 4.92. The number of rotatable bonds is 5. The predicted molar refractivity (Wildman–Crippen MR) is 139 cm³/mol. The molecule has 0 saturated carbocycles. The molecule has 0 aliphatic carbocycles. The molecule has 1 aliphatic rings. The first-order valence-electron chi connectivity index (χ1n) is 10.9. The van der Waals surface area contributed by atoms with Gasteiger partial charge in [0.25, 0.3) is 11.8 Å². The molecule has 0 radical (unpaired) electrons.